The minimum Gasteiger partial charge on any atom is -0.383 e. The van der Waals surface area contributed by atoms with Gasteiger partial charge < -0.3 is 5.73 Å². The van der Waals surface area contributed by atoms with E-state index in [-0.39, 0.29) is 0 Å². The number of benzene rings is 1. The molecule has 0 bridgehead atoms. The maximum atomic E-state index is 5.93. The van der Waals surface area contributed by atoms with E-state index in [0.29, 0.717) is 5.82 Å². The molecule has 0 aliphatic heterocycles. The molecule has 0 atom stereocenters. The van der Waals surface area contributed by atoms with Crippen LogP contribution in [0.25, 0.3) is 10.2 Å². The standard InChI is InChI=1S/C14H13N3S/c1-9-6-7-16-14(15)10(9)8-13-17-11-4-2-3-5-12(11)18-13/h2-7H,8H2,1H3,(H2,15,16). The number of hydrogen-bond donors (Lipinski definition) is 1. The average molecular weight is 255 g/mol. The van der Waals surface area contributed by atoms with Crippen molar-refractivity contribution in [2.24, 2.45) is 0 Å². The number of para-hydroxylation sites is 1. The van der Waals surface area contributed by atoms with Crippen molar-refractivity contribution >= 4 is 27.4 Å². The maximum absolute atomic E-state index is 5.93. The fourth-order valence-corrected chi connectivity index (χ4v) is 2.97. The van der Waals surface area contributed by atoms with Gasteiger partial charge in [-0.3, -0.25) is 0 Å². The van der Waals surface area contributed by atoms with E-state index in [0.717, 1.165) is 22.5 Å². The molecule has 3 rings (SSSR count). The molecule has 0 unspecified atom stereocenters. The maximum Gasteiger partial charge on any atom is 0.127 e. The van der Waals surface area contributed by atoms with Gasteiger partial charge in [-0.05, 0) is 30.7 Å². The molecule has 0 saturated carbocycles. The van der Waals surface area contributed by atoms with E-state index in [1.165, 1.54) is 10.3 Å². The van der Waals surface area contributed by atoms with Crippen LogP contribution in [-0.4, -0.2) is 9.97 Å². The molecule has 18 heavy (non-hydrogen) atoms. The van der Waals surface area contributed by atoms with Crippen LogP contribution < -0.4 is 5.73 Å². The number of aryl methyl sites for hydroxylation is 1. The summed E-state index contributed by atoms with van der Waals surface area (Å²) in [5, 5.41) is 1.08. The lowest BCUT2D eigenvalue weighted by Crippen LogP contribution is -2.00. The highest BCUT2D eigenvalue weighted by molar-refractivity contribution is 7.18. The number of fused-ring (bicyclic) bond motifs is 1. The van der Waals surface area contributed by atoms with Crippen LogP contribution in [0, 0.1) is 6.92 Å². The van der Waals surface area contributed by atoms with Crippen molar-refractivity contribution in [3.05, 3.63) is 52.7 Å². The van der Waals surface area contributed by atoms with Gasteiger partial charge in [0.25, 0.3) is 0 Å². The Balaban J connectivity index is 2.01. The first-order chi connectivity index (χ1) is 8.74. The Morgan fingerprint density at radius 3 is 2.83 bits per heavy atom. The van der Waals surface area contributed by atoms with Crippen LogP contribution in [0.5, 0.6) is 0 Å². The fraction of sp³-hybridized carbons (Fsp3) is 0.143. The summed E-state index contributed by atoms with van der Waals surface area (Å²) in [5.41, 5.74) is 9.23. The third-order valence-electron chi connectivity index (χ3n) is 2.99. The SMILES string of the molecule is Cc1ccnc(N)c1Cc1nc2ccccc2s1. The molecule has 2 N–H and O–H groups in total. The second kappa shape index (κ2) is 4.38. The first kappa shape index (κ1) is 11.2. The minimum absolute atomic E-state index is 0.606. The van der Waals surface area contributed by atoms with Gasteiger partial charge in [0.15, 0.2) is 0 Å². The molecular formula is C14H13N3S. The molecule has 3 nitrogen and oxygen atoms in total. The van der Waals surface area contributed by atoms with Crippen molar-refractivity contribution in [3.63, 3.8) is 0 Å². The average Bonchev–Trinajstić information content (AvgIpc) is 2.76. The highest BCUT2D eigenvalue weighted by Crippen LogP contribution is 2.25. The van der Waals surface area contributed by atoms with Gasteiger partial charge in [0, 0.05) is 18.2 Å². The number of hydrogen-bond acceptors (Lipinski definition) is 4. The molecule has 2 aromatic heterocycles. The quantitative estimate of drug-likeness (QED) is 0.765. The molecule has 0 amide bonds. The molecule has 0 radical (unpaired) electrons. The van der Waals surface area contributed by atoms with Crippen LogP contribution in [0.3, 0.4) is 0 Å². The van der Waals surface area contributed by atoms with E-state index in [1.807, 2.05) is 24.3 Å². The Hall–Kier alpha value is -1.94. The van der Waals surface area contributed by atoms with Crippen LogP contribution in [-0.2, 0) is 6.42 Å². The van der Waals surface area contributed by atoms with Gasteiger partial charge in [0.2, 0.25) is 0 Å². The first-order valence-corrected chi connectivity index (χ1v) is 6.60. The molecule has 3 aromatic rings. The lowest BCUT2D eigenvalue weighted by atomic mass is 10.1. The Labute approximate surface area is 109 Å². The van der Waals surface area contributed by atoms with Crippen molar-refractivity contribution in [2.75, 3.05) is 5.73 Å². The van der Waals surface area contributed by atoms with Gasteiger partial charge >= 0.3 is 0 Å². The van der Waals surface area contributed by atoms with E-state index in [1.54, 1.807) is 17.5 Å². The van der Waals surface area contributed by atoms with Crippen molar-refractivity contribution in [2.45, 2.75) is 13.3 Å². The molecule has 4 heteroatoms. The highest BCUT2D eigenvalue weighted by Gasteiger charge is 2.09. The summed E-state index contributed by atoms with van der Waals surface area (Å²) in [6.45, 7) is 2.06. The van der Waals surface area contributed by atoms with E-state index in [2.05, 4.69) is 23.0 Å². The number of thiazole rings is 1. The number of anilines is 1. The Morgan fingerprint density at radius 2 is 2.06 bits per heavy atom. The number of rotatable bonds is 2. The van der Waals surface area contributed by atoms with Crippen LogP contribution in [0.1, 0.15) is 16.1 Å². The summed E-state index contributed by atoms with van der Waals surface area (Å²) in [6.07, 6.45) is 2.50. The number of nitrogens with two attached hydrogens (primary N) is 1. The van der Waals surface area contributed by atoms with Gasteiger partial charge in [-0.2, -0.15) is 0 Å². The first-order valence-electron chi connectivity index (χ1n) is 5.78. The van der Waals surface area contributed by atoms with Crippen LogP contribution in [0.2, 0.25) is 0 Å². The summed E-state index contributed by atoms with van der Waals surface area (Å²) in [5.74, 6) is 0.606. The summed E-state index contributed by atoms with van der Waals surface area (Å²) in [7, 11) is 0. The lowest BCUT2D eigenvalue weighted by Gasteiger charge is -2.05. The molecule has 0 aliphatic carbocycles. The van der Waals surface area contributed by atoms with Gasteiger partial charge in [-0.1, -0.05) is 12.1 Å². The van der Waals surface area contributed by atoms with Crippen molar-refractivity contribution in [1.82, 2.24) is 9.97 Å². The zero-order chi connectivity index (χ0) is 12.5. The van der Waals surface area contributed by atoms with E-state index in [9.17, 15) is 0 Å². The fourth-order valence-electron chi connectivity index (χ4n) is 1.99. The zero-order valence-electron chi connectivity index (χ0n) is 10.1. The third kappa shape index (κ3) is 1.95. The zero-order valence-corrected chi connectivity index (χ0v) is 10.9. The number of aromatic nitrogens is 2. The predicted octanol–water partition coefficient (Wildman–Crippen LogP) is 3.17. The monoisotopic (exact) mass is 255 g/mol. The topological polar surface area (TPSA) is 51.8 Å². The van der Waals surface area contributed by atoms with Gasteiger partial charge in [0.05, 0.1) is 15.2 Å². The molecular weight excluding hydrogens is 242 g/mol. The molecule has 0 spiro atoms. The lowest BCUT2D eigenvalue weighted by molar-refractivity contribution is 1.10. The Kier molecular flexibility index (Phi) is 2.72. The van der Waals surface area contributed by atoms with Gasteiger partial charge in [-0.15, -0.1) is 11.3 Å². The van der Waals surface area contributed by atoms with Crippen molar-refractivity contribution < 1.29 is 0 Å². The van der Waals surface area contributed by atoms with Gasteiger partial charge in [0.1, 0.15) is 5.82 Å². The Morgan fingerprint density at radius 1 is 1.22 bits per heavy atom. The summed E-state index contributed by atoms with van der Waals surface area (Å²) in [6, 6.07) is 10.2. The van der Waals surface area contributed by atoms with Crippen LogP contribution >= 0.6 is 11.3 Å². The molecule has 2 heterocycles. The molecule has 90 valence electrons. The highest BCUT2D eigenvalue weighted by atomic mass is 32.1. The van der Waals surface area contributed by atoms with Crippen LogP contribution in [0.15, 0.2) is 36.5 Å². The third-order valence-corrected chi connectivity index (χ3v) is 4.03. The number of pyridine rings is 1. The van der Waals surface area contributed by atoms with E-state index < -0.39 is 0 Å². The number of nitrogen functional groups attached to an aromatic ring is 1. The molecule has 0 aliphatic rings. The Bertz CT molecular complexity index is 650. The molecule has 0 fully saturated rings. The van der Waals surface area contributed by atoms with E-state index in [4.69, 9.17) is 5.73 Å². The second-order valence-electron chi connectivity index (χ2n) is 4.24. The number of nitrogens with zero attached hydrogens (tertiary/aromatic N) is 2. The van der Waals surface area contributed by atoms with E-state index >= 15 is 0 Å². The minimum atomic E-state index is 0.606. The second-order valence-corrected chi connectivity index (χ2v) is 5.36. The smallest absolute Gasteiger partial charge is 0.127 e. The van der Waals surface area contributed by atoms with Gasteiger partial charge in [-0.25, -0.2) is 9.97 Å². The van der Waals surface area contributed by atoms with Crippen molar-refractivity contribution in [1.29, 1.82) is 0 Å². The summed E-state index contributed by atoms with van der Waals surface area (Å²) < 4.78 is 1.22. The summed E-state index contributed by atoms with van der Waals surface area (Å²) in [4.78, 5) is 8.77. The molecule has 1 aromatic carbocycles. The predicted molar refractivity (Wildman–Crippen MR) is 75.8 cm³/mol. The summed E-state index contributed by atoms with van der Waals surface area (Å²) >= 11 is 1.72. The molecule has 0 saturated heterocycles. The largest absolute Gasteiger partial charge is 0.383 e. The van der Waals surface area contributed by atoms with Crippen molar-refractivity contribution in [3.8, 4) is 0 Å². The van der Waals surface area contributed by atoms with Crippen LogP contribution in [0.4, 0.5) is 5.82 Å². The normalized spacial score (nSPS) is 10.9.